The Morgan fingerprint density at radius 3 is 3.00 bits per heavy atom. The van der Waals surface area contributed by atoms with Crippen molar-refractivity contribution in [1.29, 1.82) is 0 Å². The van der Waals surface area contributed by atoms with E-state index < -0.39 is 62.0 Å². The van der Waals surface area contributed by atoms with Crippen molar-refractivity contribution >= 4 is 12.4 Å². The van der Waals surface area contributed by atoms with Gasteiger partial charge in [-0.25, -0.2) is 0 Å². The molecule has 0 aromatic heterocycles. The van der Waals surface area contributed by atoms with E-state index in [1.54, 1.807) is 0 Å². The van der Waals surface area contributed by atoms with Crippen LogP contribution in [-0.4, -0.2) is 13.0 Å². The van der Waals surface area contributed by atoms with E-state index in [0.717, 1.165) is 0 Å². The van der Waals surface area contributed by atoms with Crippen LogP contribution in [0.15, 0.2) is 30.2 Å². The minimum absolute atomic E-state index is 0. The van der Waals surface area contributed by atoms with Crippen LogP contribution in [0.1, 0.15) is 31.6 Å². The van der Waals surface area contributed by atoms with Crippen LogP contribution in [0, 0.1) is 0 Å². The summed E-state index contributed by atoms with van der Waals surface area (Å²) in [5, 5.41) is 1.41. The topological polar surface area (TPSA) is 12.0 Å². The van der Waals surface area contributed by atoms with Gasteiger partial charge in [-0.1, -0.05) is 30.2 Å². The second-order valence-corrected chi connectivity index (χ2v) is 1.62. The van der Waals surface area contributed by atoms with Gasteiger partial charge in [-0.05, 0) is 25.8 Å². The van der Waals surface area contributed by atoms with Gasteiger partial charge in [-0.3, -0.25) is 0 Å². The number of hydrogen-bond donors (Lipinski definition) is 1. The lowest BCUT2D eigenvalue weighted by Gasteiger charge is -2.08. The van der Waals surface area contributed by atoms with Gasteiger partial charge in [0.2, 0.25) is 0 Å². The molecule has 0 saturated heterocycles. The predicted molar refractivity (Wildman–Crippen MR) is 55.9 cm³/mol. The van der Waals surface area contributed by atoms with Crippen LogP contribution in [0.4, 0.5) is 0 Å². The fraction of sp³-hybridized carbons (Fsp3) is 0.400. The van der Waals surface area contributed by atoms with Gasteiger partial charge in [0.1, 0.15) is 0 Å². The molecule has 12 heavy (non-hydrogen) atoms. The molecule has 1 aromatic rings. The monoisotopic (exact) mass is 199 g/mol. The second-order valence-electron chi connectivity index (χ2n) is 1.62. The lowest BCUT2D eigenvalue weighted by Crippen LogP contribution is -2.23. The van der Waals surface area contributed by atoms with Crippen molar-refractivity contribution in [2.75, 3.05) is 6.98 Å². The smallest absolute Gasteiger partial charge is 0.0626 e. The molecule has 1 rings (SSSR count). The summed E-state index contributed by atoms with van der Waals surface area (Å²) in [5.74, 6) is 0. The zero-order valence-corrected chi connectivity index (χ0v) is 6.72. The van der Waals surface area contributed by atoms with Crippen molar-refractivity contribution < 1.29 is 19.2 Å². The number of benzene rings is 1. The average molecular weight is 200 g/mol. The van der Waals surface area contributed by atoms with E-state index in [1.807, 2.05) is 0 Å². The Bertz CT molecular complexity index is 651. The molecule has 0 aliphatic rings. The SMILES string of the molecule is Cl.[2H]c1c([2H])c([2H])c(C([2H])([2H])C([2H])(NC([2H])([2H])[2H])C([2H])([2H])[2H])c([2H])c1[2H]. The average Bonchev–Trinajstić information content (AvgIpc) is 2.39. The van der Waals surface area contributed by atoms with E-state index in [4.69, 9.17) is 19.2 Å². The molecule has 68 valence electrons. The highest BCUT2D eigenvalue weighted by atomic mass is 35.5. The molecule has 0 saturated carbocycles. The summed E-state index contributed by atoms with van der Waals surface area (Å²) in [6, 6.07) is -8.31. The molecule has 0 aliphatic heterocycles. The molecule has 2 heteroatoms. The molecule has 0 fully saturated rings. The second kappa shape index (κ2) is 6.04. The van der Waals surface area contributed by atoms with Gasteiger partial charge in [0.15, 0.2) is 0 Å². The first-order valence-corrected chi connectivity index (χ1v) is 2.75. The molecule has 1 aromatic carbocycles. The number of hydrogen-bond acceptors (Lipinski definition) is 1. The maximum absolute atomic E-state index is 8.04. The highest BCUT2D eigenvalue weighted by molar-refractivity contribution is 5.85. The molecule has 0 bridgehead atoms. The first kappa shape index (κ1) is 2.10. The molecular formula is C10H16ClN. The summed E-state index contributed by atoms with van der Waals surface area (Å²) in [6.45, 7) is -6.79. The molecule has 0 amide bonds. The quantitative estimate of drug-likeness (QED) is 0.788. The van der Waals surface area contributed by atoms with E-state index in [-0.39, 0.29) is 12.4 Å². The predicted octanol–water partition coefficient (Wildman–Crippen LogP) is 2.26. The van der Waals surface area contributed by atoms with Gasteiger partial charge in [0, 0.05) is 18.4 Å². The van der Waals surface area contributed by atoms with Gasteiger partial charge in [-0.2, -0.15) is 0 Å². The van der Waals surface area contributed by atoms with E-state index in [2.05, 4.69) is 0 Å². The minimum Gasteiger partial charge on any atom is -0.317 e. The molecule has 0 radical (unpaired) electrons. The van der Waals surface area contributed by atoms with Crippen LogP contribution in [-0.2, 0) is 6.37 Å². The van der Waals surface area contributed by atoms with Crippen molar-refractivity contribution in [1.82, 2.24) is 5.32 Å². The maximum atomic E-state index is 8.04. The van der Waals surface area contributed by atoms with Crippen molar-refractivity contribution in [3.05, 3.63) is 35.8 Å². The zero-order valence-electron chi connectivity index (χ0n) is 19.9. The molecule has 1 atom stereocenters. The third-order valence-electron chi connectivity index (χ3n) is 0.875. The largest absolute Gasteiger partial charge is 0.317 e. The van der Waals surface area contributed by atoms with Gasteiger partial charge in [-0.15, -0.1) is 12.4 Å². The molecule has 0 spiro atoms. The molecule has 1 unspecified atom stereocenters. The van der Waals surface area contributed by atoms with Gasteiger partial charge < -0.3 is 5.32 Å². The van der Waals surface area contributed by atoms with Crippen LogP contribution < -0.4 is 5.32 Å². The van der Waals surface area contributed by atoms with Crippen molar-refractivity contribution in [3.8, 4) is 0 Å². The molecular weight excluding hydrogens is 170 g/mol. The standard InChI is InChI=1S/C10H15N.ClH/c1-9(11-2)8-10-6-4-3-5-7-10;/h3-7,9,11H,8H2,1-2H3;1H/i1D3,2D3,3D,4D,5D,6D,7D,8D2,9D;. The number of nitrogens with one attached hydrogen (secondary N) is 1. The summed E-state index contributed by atoms with van der Waals surface area (Å²) in [4.78, 5) is 0. The number of halogens is 1. The molecule has 1 nitrogen and oxygen atoms in total. The van der Waals surface area contributed by atoms with E-state index in [9.17, 15) is 0 Å². The summed E-state index contributed by atoms with van der Waals surface area (Å²) < 4.78 is 106. The van der Waals surface area contributed by atoms with Crippen LogP contribution >= 0.6 is 12.4 Å². The fourth-order valence-corrected chi connectivity index (χ4v) is 0.469. The van der Waals surface area contributed by atoms with E-state index >= 15 is 0 Å². The molecule has 0 aliphatic carbocycles. The number of rotatable bonds is 3. The van der Waals surface area contributed by atoms with Crippen LogP contribution in [0.25, 0.3) is 0 Å². The molecule has 1 N–H and O–H groups in total. The lowest BCUT2D eigenvalue weighted by molar-refractivity contribution is 0.608. The van der Waals surface area contributed by atoms with Crippen LogP contribution in [0.5, 0.6) is 0 Å². The minimum atomic E-state index is -3.55. The maximum Gasteiger partial charge on any atom is 0.0626 e. The first-order chi connectivity index (χ1) is 10.9. The third kappa shape index (κ3) is 3.74. The van der Waals surface area contributed by atoms with Crippen LogP contribution in [0.2, 0.25) is 0 Å². The van der Waals surface area contributed by atoms with Crippen molar-refractivity contribution in [3.63, 3.8) is 0 Å². The third-order valence-corrected chi connectivity index (χ3v) is 0.875. The summed E-state index contributed by atoms with van der Waals surface area (Å²) >= 11 is 0. The molecule has 0 heterocycles. The summed E-state index contributed by atoms with van der Waals surface area (Å²) in [7, 11) is 0. The van der Waals surface area contributed by atoms with Gasteiger partial charge in [0.05, 0.1) is 6.85 Å². The van der Waals surface area contributed by atoms with E-state index in [0.29, 0.717) is 0 Å². The lowest BCUT2D eigenvalue weighted by atomic mass is 10.1. The van der Waals surface area contributed by atoms with Crippen molar-refractivity contribution in [2.45, 2.75) is 19.2 Å². The number of likely N-dealkylation sites (N-methyl/N-ethyl adjacent to an activating group) is 1. The fourth-order valence-electron chi connectivity index (χ4n) is 0.469. The Morgan fingerprint density at radius 1 is 1.67 bits per heavy atom. The normalized spacial score (nSPS) is 34.7. The first-order valence-electron chi connectivity index (χ1n) is 9.75. The Labute approximate surface area is 100 Å². The Kier molecular flexibility index (Phi) is 1.06. The van der Waals surface area contributed by atoms with Gasteiger partial charge in [0.25, 0.3) is 0 Å². The van der Waals surface area contributed by atoms with Crippen LogP contribution in [0.3, 0.4) is 0 Å². The Morgan fingerprint density at radius 2 is 2.42 bits per heavy atom. The van der Waals surface area contributed by atoms with Crippen molar-refractivity contribution in [2.24, 2.45) is 0 Å². The Hall–Kier alpha value is -0.530. The summed E-state index contributed by atoms with van der Waals surface area (Å²) in [6.07, 6.45) is -3.47. The highest BCUT2D eigenvalue weighted by Crippen LogP contribution is 2.01. The highest BCUT2D eigenvalue weighted by Gasteiger charge is 1.97. The summed E-state index contributed by atoms with van der Waals surface area (Å²) in [5.41, 5.74) is -1.11. The Balaban J connectivity index is 0.00000625. The zero-order chi connectivity index (χ0) is 20.2. The van der Waals surface area contributed by atoms with Gasteiger partial charge >= 0.3 is 0 Å². The van der Waals surface area contributed by atoms with E-state index in [1.165, 1.54) is 5.32 Å².